The van der Waals surface area contributed by atoms with Gasteiger partial charge in [0.05, 0.1) is 5.69 Å². The standard InChI is InChI=1S/C24H29N3O3S/c1-4-30-14-8-13-27-23(29)21(31-24(27)25-19-9-6-5-7-10-19)16-22(28)26-20-15-17(2)11-12-18(20)3/h5-7,9-12,15,21H,4,8,13-14,16H2,1-3H3,(H,26,28). The van der Waals surface area contributed by atoms with Gasteiger partial charge in [-0.25, -0.2) is 4.99 Å². The number of nitrogens with one attached hydrogen (secondary N) is 1. The third-order valence-corrected chi connectivity index (χ3v) is 6.09. The summed E-state index contributed by atoms with van der Waals surface area (Å²) in [5, 5.41) is 3.10. The van der Waals surface area contributed by atoms with Gasteiger partial charge in [-0.2, -0.15) is 0 Å². The number of aryl methyl sites for hydroxylation is 2. The monoisotopic (exact) mass is 439 g/mol. The first-order valence-electron chi connectivity index (χ1n) is 10.5. The van der Waals surface area contributed by atoms with Gasteiger partial charge >= 0.3 is 0 Å². The molecular weight excluding hydrogens is 410 g/mol. The van der Waals surface area contributed by atoms with Gasteiger partial charge in [-0.3, -0.25) is 14.5 Å². The number of hydrogen-bond acceptors (Lipinski definition) is 5. The van der Waals surface area contributed by atoms with Gasteiger partial charge in [-0.1, -0.05) is 42.1 Å². The molecule has 0 saturated carbocycles. The van der Waals surface area contributed by atoms with Crippen molar-refractivity contribution in [3.05, 3.63) is 59.7 Å². The first kappa shape index (κ1) is 23.0. The number of thioether (sulfide) groups is 1. The van der Waals surface area contributed by atoms with Gasteiger partial charge in [-0.05, 0) is 56.5 Å². The summed E-state index contributed by atoms with van der Waals surface area (Å²) >= 11 is 1.36. The van der Waals surface area contributed by atoms with Crippen LogP contribution in [0.15, 0.2) is 53.5 Å². The summed E-state index contributed by atoms with van der Waals surface area (Å²) < 4.78 is 5.41. The molecule has 1 aliphatic heterocycles. The highest BCUT2D eigenvalue weighted by atomic mass is 32.2. The Morgan fingerprint density at radius 2 is 1.97 bits per heavy atom. The molecule has 31 heavy (non-hydrogen) atoms. The number of hydrogen-bond donors (Lipinski definition) is 1. The first-order chi connectivity index (χ1) is 15.0. The van der Waals surface area contributed by atoms with Crippen molar-refractivity contribution >= 4 is 40.1 Å². The number of ether oxygens (including phenoxy) is 1. The van der Waals surface area contributed by atoms with E-state index in [1.165, 1.54) is 11.8 Å². The van der Waals surface area contributed by atoms with E-state index in [2.05, 4.69) is 10.3 Å². The molecule has 2 aromatic rings. The maximum Gasteiger partial charge on any atom is 0.242 e. The van der Waals surface area contributed by atoms with Crippen molar-refractivity contribution in [2.45, 2.75) is 38.9 Å². The molecule has 0 spiro atoms. The summed E-state index contributed by atoms with van der Waals surface area (Å²) in [6.07, 6.45) is 0.821. The third kappa shape index (κ3) is 6.42. The van der Waals surface area contributed by atoms with Crippen molar-refractivity contribution in [1.82, 2.24) is 4.90 Å². The van der Waals surface area contributed by atoms with E-state index < -0.39 is 5.25 Å². The molecule has 6 nitrogen and oxygen atoms in total. The maximum absolute atomic E-state index is 13.1. The van der Waals surface area contributed by atoms with Crippen LogP contribution < -0.4 is 5.32 Å². The predicted octanol–water partition coefficient (Wildman–Crippen LogP) is 4.69. The summed E-state index contributed by atoms with van der Waals surface area (Å²) in [7, 11) is 0. The summed E-state index contributed by atoms with van der Waals surface area (Å²) in [4.78, 5) is 32.1. The van der Waals surface area contributed by atoms with E-state index in [1.807, 2.05) is 69.3 Å². The Morgan fingerprint density at radius 3 is 2.71 bits per heavy atom. The molecule has 3 rings (SSSR count). The van der Waals surface area contributed by atoms with Crippen molar-refractivity contribution in [3.63, 3.8) is 0 Å². The van der Waals surface area contributed by atoms with Gasteiger partial charge in [0.2, 0.25) is 11.8 Å². The molecule has 7 heteroatoms. The molecule has 1 aliphatic rings. The largest absolute Gasteiger partial charge is 0.382 e. The quantitative estimate of drug-likeness (QED) is 0.576. The Balaban J connectivity index is 1.71. The molecule has 0 radical (unpaired) electrons. The fraction of sp³-hybridized carbons (Fsp3) is 0.375. The Morgan fingerprint density at radius 1 is 1.19 bits per heavy atom. The van der Waals surface area contributed by atoms with Crippen molar-refractivity contribution in [1.29, 1.82) is 0 Å². The number of para-hydroxylation sites is 1. The summed E-state index contributed by atoms with van der Waals surface area (Å²) in [6, 6.07) is 15.5. The number of aliphatic imine (C=N–C) groups is 1. The van der Waals surface area contributed by atoms with E-state index in [1.54, 1.807) is 4.90 Å². The van der Waals surface area contributed by atoms with Crippen LogP contribution in [0.5, 0.6) is 0 Å². The van der Waals surface area contributed by atoms with E-state index in [-0.39, 0.29) is 18.2 Å². The SMILES string of the molecule is CCOCCCN1C(=O)C(CC(=O)Nc2cc(C)ccc2C)SC1=Nc1ccccc1. The van der Waals surface area contributed by atoms with Gasteiger partial charge in [0.15, 0.2) is 5.17 Å². The van der Waals surface area contributed by atoms with Gasteiger partial charge in [0.1, 0.15) is 5.25 Å². The van der Waals surface area contributed by atoms with E-state index in [0.29, 0.717) is 24.9 Å². The molecule has 1 saturated heterocycles. The molecule has 1 atom stereocenters. The van der Waals surface area contributed by atoms with Crippen LogP contribution in [0.4, 0.5) is 11.4 Å². The van der Waals surface area contributed by atoms with E-state index in [4.69, 9.17) is 4.74 Å². The van der Waals surface area contributed by atoms with Crippen LogP contribution in [-0.4, -0.2) is 46.9 Å². The minimum absolute atomic E-state index is 0.0766. The lowest BCUT2D eigenvalue weighted by molar-refractivity contribution is -0.128. The zero-order valence-corrected chi connectivity index (χ0v) is 19.1. The van der Waals surface area contributed by atoms with Crippen LogP contribution >= 0.6 is 11.8 Å². The molecule has 2 aromatic carbocycles. The molecule has 2 amide bonds. The van der Waals surface area contributed by atoms with Crippen LogP contribution in [0.2, 0.25) is 0 Å². The van der Waals surface area contributed by atoms with Crippen LogP contribution in [0.25, 0.3) is 0 Å². The number of rotatable bonds is 9. The summed E-state index contributed by atoms with van der Waals surface area (Å²) in [5.41, 5.74) is 3.64. The second-order valence-corrected chi connectivity index (χ2v) is 8.62. The average Bonchev–Trinajstić information content (AvgIpc) is 3.03. The Labute approximate surface area is 188 Å². The lowest BCUT2D eigenvalue weighted by Crippen LogP contribution is -2.34. The highest BCUT2D eigenvalue weighted by Gasteiger charge is 2.38. The van der Waals surface area contributed by atoms with Crippen molar-refractivity contribution in [2.24, 2.45) is 4.99 Å². The van der Waals surface area contributed by atoms with Crippen molar-refractivity contribution in [3.8, 4) is 0 Å². The zero-order chi connectivity index (χ0) is 22.2. The normalized spacial score (nSPS) is 17.4. The fourth-order valence-electron chi connectivity index (χ4n) is 3.25. The van der Waals surface area contributed by atoms with Crippen LogP contribution in [-0.2, 0) is 14.3 Å². The molecule has 1 heterocycles. The molecule has 164 valence electrons. The molecule has 0 aliphatic carbocycles. The number of nitrogens with zero attached hydrogens (tertiary/aromatic N) is 2. The van der Waals surface area contributed by atoms with E-state index >= 15 is 0 Å². The van der Waals surface area contributed by atoms with Gasteiger partial charge in [0.25, 0.3) is 0 Å². The van der Waals surface area contributed by atoms with Crippen LogP contribution in [0, 0.1) is 13.8 Å². The minimum atomic E-state index is -0.486. The smallest absolute Gasteiger partial charge is 0.242 e. The van der Waals surface area contributed by atoms with Crippen LogP contribution in [0.1, 0.15) is 30.9 Å². The van der Waals surface area contributed by atoms with Gasteiger partial charge in [0, 0.05) is 31.9 Å². The highest BCUT2D eigenvalue weighted by Crippen LogP contribution is 2.32. The van der Waals surface area contributed by atoms with Gasteiger partial charge < -0.3 is 10.1 Å². The summed E-state index contributed by atoms with van der Waals surface area (Å²) in [6.45, 7) is 7.64. The third-order valence-electron chi connectivity index (χ3n) is 4.91. The molecule has 1 N–H and O–H groups in total. The second kappa shape index (κ2) is 11.1. The van der Waals surface area contributed by atoms with Crippen molar-refractivity contribution in [2.75, 3.05) is 25.1 Å². The maximum atomic E-state index is 13.1. The molecule has 0 aromatic heterocycles. The topological polar surface area (TPSA) is 71.0 Å². The van der Waals surface area contributed by atoms with Crippen molar-refractivity contribution < 1.29 is 14.3 Å². The average molecular weight is 440 g/mol. The lowest BCUT2D eigenvalue weighted by Gasteiger charge is -2.16. The van der Waals surface area contributed by atoms with E-state index in [9.17, 15) is 9.59 Å². The Hall–Kier alpha value is -2.64. The predicted molar refractivity (Wildman–Crippen MR) is 127 cm³/mol. The summed E-state index contributed by atoms with van der Waals surface area (Å²) in [5.74, 6) is -0.248. The molecule has 0 bridgehead atoms. The number of benzene rings is 2. The zero-order valence-electron chi connectivity index (χ0n) is 18.3. The lowest BCUT2D eigenvalue weighted by atomic mass is 10.1. The number of amides is 2. The van der Waals surface area contributed by atoms with Gasteiger partial charge in [-0.15, -0.1) is 0 Å². The molecular formula is C24H29N3O3S. The molecule has 1 unspecified atom stereocenters. The highest BCUT2D eigenvalue weighted by molar-refractivity contribution is 8.15. The number of amidine groups is 1. The number of carbonyl (C=O) groups excluding carboxylic acids is 2. The Bertz CT molecular complexity index is 946. The van der Waals surface area contributed by atoms with E-state index in [0.717, 1.165) is 28.9 Å². The number of anilines is 1. The fourth-order valence-corrected chi connectivity index (χ4v) is 4.44. The molecule has 1 fully saturated rings. The first-order valence-corrected chi connectivity index (χ1v) is 11.4. The Kier molecular flexibility index (Phi) is 8.26. The van der Waals surface area contributed by atoms with Crippen LogP contribution in [0.3, 0.4) is 0 Å². The number of carbonyl (C=O) groups is 2. The second-order valence-electron chi connectivity index (χ2n) is 7.45. The minimum Gasteiger partial charge on any atom is -0.382 e.